The first-order valence-corrected chi connectivity index (χ1v) is 5.28. The minimum absolute atomic E-state index is 0.798. The van der Waals surface area contributed by atoms with Gasteiger partial charge in [-0.1, -0.05) is 35.9 Å². The molecule has 0 aliphatic heterocycles. The van der Waals surface area contributed by atoms with Crippen molar-refractivity contribution in [1.29, 1.82) is 0 Å². The van der Waals surface area contributed by atoms with Gasteiger partial charge in [-0.25, -0.2) is 0 Å². The van der Waals surface area contributed by atoms with E-state index in [4.69, 9.17) is 11.6 Å². The molecular formula is C13H13Cl. The molecule has 0 amide bonds. The highest BCUT2D eigenvalue weighted by molar-refractivity contribution is 6.30. The molecule has 0 heterocycles. The monoisotopic (exact) mass is 204 g/mol. The van der Waals surface area contributed by atoms with Crippen LogP contribution in [0.3, 0.4) is 0 Å². The molecule has 2 rings (SSSR count). The molecule has 0 fully saturated rings. The van der Waals surface area contributed by atoms with Gasteiger partial charge in [0.15, 0.2) is 0 Å². The van der Waals surface area contributed by atoms with Crippen LogP contribution in [-0.4, -0.2) is 0 Å². The molecule has 0 unspecified atom stereocenters. The van der Waals surface area contributed by atoms with Crippen LogP contribution in [0.2, 0.25) is 5.02 Å². The number of hydrogen-bond donors (Lipinski definition) is 0. The third-order valence-electron chi connectivity index (χ3n) is 2.55. The maximum atomic E-state index is 5.85. The Hall–Kier alpha value is -1.01. The zero-order valence-corrected chi connectivity index (χ0v) is 9.01. The van der Waals surface area contributed by atoms with Gasteiger partial charge < -0.3 is 0 Å². The molecule has 0 N–H and O–H groups in total. The van der Waals surface area contributed by atoms with Crippen molar-refractivity contribution < 1.29 is 0 Å². The number of rotatable bonds is 1. The Morgan fingerprint density at radius 2 is 1.64 bits per heavy atom. The lowest BCUT2D eigenvalue weighted by molar-refractivity contribution is 1.02. The van der Waals surface area contributed by atoms with Gasteiger partial charge in [0.05, 0.1) is 0 Å². The second-order valence-corrected chi connectivity index (χ2v) is 4.03. The van der Waals surface area contributed by atoms with Crippen molar-refractivity contribution in [3.8, 4) is 0 Å². The average molecular weight is 205 g/mol. The summed E-state index contributed by atoms with van der Waals surface area (Å²) in [7, 11) is 0. The van der Waals surface area contributed by atoms with Crippen molar-refractivity contribution in [1.82, 2.24) is 0 Å². The molecule has 1 aromatic carbocycles. The van der Waals surface area contributed by atoms with E-state index < -0.39 is 0 Å². The fraction of sp³-hybridized carbons (Fsp3) is 0.231. The normalized spacial score (nSPS) is 16.1. The molecule has 0 spiro atoms. The van der Waals surface area contributed by atoms with Crippen molar-refractivity contribution in [2.45, 2.75) is 19.8 Å². The van der Waals surface area contributed by atoms with Crippen LogP contribution in [0, 0.1) is 0 Å². The zero-order valence-electron chi connectivity index (χ0n) is 8.26. The summed E-state index contributed by atoms with van der Waals surface area (Å²) in [6, 6.07) is 8.05. The topological polar surface area (TPSA) is 0 Å². The fourth-order valence-corrected chi connectivity index (χ4v) is 1.90. The molecule has 0 atom stereocenters. The Bertz CT molecular complexity index is 382. The van der Waals surface area contributed by atoms with Gasteiger partial charge in [0.1, 0.15) is 0 Å². The van der Waals surface area contributed by atoms with Crippen LogP contribution in [0.4, 0.5) is 0 Å². The molecule has 72 valence electrons. The van der Waals surface area contributed by atoms with Crippen LogP contribution in [0.1, 0.15) is 25.3 Å². The molecule has 1 aliphatic rings. The molecule has 0 radical (unpaired) electrons. The number of hydrogen-bond acceptors (Lipinski definition) is 0. The van der Waals surface area contributed by atoms with E-state index >= 15 is 0 Å². The lowest BCUT2D eigenvalue weighted by atomic mass is 9.93. The first-order valence-electron chi connectivity index (χ1n) is 4.90. The highest BCUT2D eigenvalue weighted by Gasteiger charge is 2.06. The highest BCUT2D eigenvalue weighted by Crippen LogP contribution is 2.28. The summed E-state index contributed by atoms with van der Waals surface area (Å²) < 4.78 is 0. The van der Waals surface area contributed by atoms with E-state index in [2.05, 4.69) is 31.2 Å². The van der Waals surface area contributed by atoms with Crippen LogP contribution < -0.4 is 0 Å². The van der Waals surface area contributed by atoms with E-state index in [1.165, 1.54) is 23.1 Å². The maximum absolute atomic E-state index is 5.85. The third-order valence-corrected chi connectivity index (χ3v) is 2.80. The first-order chi connectivity index (χ1) is 6.77. The van der Waals surface area contributed by atoms with Gasteiger partial charge in [-0.2, -0.15) is 0 Å². The van der Waals surface area contributed by atoms with Crippen LogP contribution in [0.15, 0.2) is 42.0 Å². The first kappa shape index (κ1) is 9.54. The van der Waals surface area contributed by atoms with Crippen molar-refractivity contribution in [3.63, 3.8) is 0 Å². The van der Waals surface area contributed by atoms with Gasteiger partial charge in [-0.15, -0.1) is 0 Å². The largest absolute Gasteiger partial charge is 0.0843 e. The molecule has 1 heteroatoms. The summed E-state index contributed by atoms with van der Waals surface area (Å²) in [6.07, 6.45) is 6.92. The number of allylic oxidation sites excluding steroid dienone is 4. The van der Waals surface area contributed by atoms with E-state index in [9.17, 15) is 0 Å². The second-order valence-electron chi connectivity index (χ2n) is 3.59. The molecular weight excluding hydrogens is 192 g/mol. The molecule has 1 aliphatic carbocycles. The van der Waals surface area contributed by atoms with Gasteiger partial charge in [0, 0.05) is 5.02 Å². The summed E-state index contributed by atoms with van der Waals surface area (Å²) in [4.78, 5) is 0. The molecule has 0 bridgehead atoms. The van der Waals surface area contributed by atoms with Crippen molar-refractivity contribution >= 4 is 17.2 Å². The number of benzene rings is 1. The summed E-state index contributed by atoms with van der Waals surface area (Å²) in [5, 5.41) is 0.798. The lowest BCUT2D eigenvalue weighted by Crippen LogP contribution is -1.91. The zero-order chi connectivity index (χ0) is 9.97. The molecule has 0 aromatic heterocycles. The minimum atomic E-state index is 0.798. The van der Waals surface area contributed by atoms with E-state index in [0.29, 0.717) is 0 Å². The molecule has 0 saturated carbocycles. The van der Waals surface area contributed by atoms with Gasteiger partial charge >= 0.3 is 0 Å². The Kier molecular flexibility index (Phi) is 2.74. The van der Waals surface area contributed by atoms with E-state index in [1.807, 2.05) is 12.1 Å². The fourth-order valence-electron chi connectivity index (χ4n) is 1.77. The SMILES string of the molecule is CC1=CCCC=C1c1ccc(Cl)cc1. The standard InChI is InChI=1S/C13H13Cl/c1-10-4-2-3-5-13(10)11-6-8-12(14)9-7-11/h4-9H,2-3H2,1H3. The molecule has 1 aromatic rings. The maximum Gasteiger partial charge on any atom is 0.0406 e. The van der Waals surface area contributed by atoms with Gasteiger partial charge in [0.25, 0.3) is 0 Å². The lowest BCUT2D eigenvalue weighted by Gasteiger charge is -2.12. The van der Waals surface area contributed by atoms with Crippen molar-refractivity contribution in [2.75, 3.05) is 0 Å². The predicted molar refractivity (Wildman–Crippen MR) is 62.4 cm³/mol. The van der Waals surface area contributed by atoms with Gasteiger partial charge in [-0.3, -0.25) is 0 Å². The van der Waals surface area contributed by atoms with Crippen molar-refractivity contribution in [2.24, 2.45) is 0 Å². The Morgan fingerprint density at radius 3 is 2.29 bits per heavy atom. The average Bonchev–Trinajstić information content (AvgIpc) is 2.20. The smallest absolute Gasteiger partial charge is 0.0406 e. The highest BCUT2D eigenvalue weighted by atomic mass is 35.5. The summed E-state index contributed by atoms with van der Waals surface area (Å²) >= 11 is 5.85. The van der Waals surface area contributed by atoms with Crippen LogP contribution in [-0.2, 0) is 0 Å². The predicted octanol–water partition coefficient (Wildman–Crippen LogP) is 4.46. The Labute approximate surface area is 89.9 Å². The third kappa shape index (κ3) is 1.91. The Morgan fingerprint density at radius 1 is 1.00 bits per heavy atom. The van der Waals surface area contributed by atoms with Crippen LogP contribution >= 0.6 is 11.6 Å². The number of halogens is 1. The van der Waals surface area contributed by atoms with Gasteiger partial charge in [0.2, 0.25) is 0 Å². The van der Waals surface area contributed by atoms with Crippen LogP contribution in [0.5, 0.6) is 0 Å². The van der Waals surface area contributed by atoms with E-state index in [-0.39, 0.29) is 0 Å². The van der Waals surface area contributed by atoms with Crippen molar-refractivity contribution in [3.05, 3.63) is 52.6 Å². The second kappa shape index (κ2) is 4.02. The molecule has 0 nitrogen and oxygen atoms in total. The Balaban J connectivity index is 2.35. The van der Waals surface area contributed by atoms with Gasteiger partial charge in [-0.05, 0) is 48.6 Å². The van der Waals surface area contributed by atoms with Crippen LogP contribution in [0.25, 0.3) is 5.57 Å². The summed E-state index contributed by atoms with van der Waals surface area (Å²) in [5.74, 6) is 0. The van der Waals surface area contributed by atoms with E-state index in [1.54, 1.807) is 0 Å². The molecule has 14 heavy (non-hydrogen) atoms. The van der Waals surface area contributed by atoms with E-state index in [0.717, 1.165) is 11.4 Å². The molecule has 0 saturated heterocycles. The quantitative estimate of drug-likeness (QED) is 0.634. The summed E-state index contributed by atoms with van der Waals surface area (Å²) in [5.41, 5.74) is 3.99. The summed E-state index contributed by atoms with van der Waals surface area (Å²) in [6.45, 7) is 2.17. The minimum Gasteiger partial charge on any atom is -0.0843 e.